The second kappa shape index (κ2) is 5.08. The van der Waals surface area contributed by atoms with E-state index in [9.17, 15) is 4.79 Å². The van der Waals surface area contributed by atoms with E-state index in [1.54, 1.807) is 25.1 Å². The molecular weight excluding hydrogens is 228 g/mol. The largest absolute Gasteiger partial charge is 0.497 e. The molecule has 0 heterocycles. The topological polar surface area (TPSA) is 35.5 Å². The van der Waals surface area contributed by atoms with Crippen molar-refractivity contribution >= 4 is 16.7 Å². The van der Waals surface area contributed by atoms with Gasteiger partial charge in [0, 0.05) is 0 Å². The molecule has 0 saturated heterocycles. The lowest BCUT2D eigenvalue weighted by atomic mass is 9.98. The normalized spacial score (nSPS) is 14.5. The van der Waals surface area contributed by atoms with Crippen molar-refractivity contribution in [3.63, 3.8) is 0 Å². The van der Waals surface area contributed by atoms with Crippen LogP contribution < -0.4 is 4.74 Å². The molecule has 2 rings (SSSR count). The molecule has 2 aromatic carbocycles. The molecule has 0 fully saturated rings. The third-order valence-electron chi connectivity index (χ3n) is 2.82. The average molecular weight is 247 g/mol. The van der Waals surface area contributed by atoms with E-state index in [-0.39, 0.29) is 23.7 Å². The Kier molecular flexibility index (Phi) is 2.54. The summed E-state index contributed by atoms with van der Waals surface area (Å²) in [5.41, 5.74) is 0.213. The predicted octanol–water partition coefficient (Wildman–Crippen LogP) is 3.12. The number of carbonyl (C=O) groups excluding carboxylic acids is 1. The maximum absolute atomic E-state index is 11.7. The lowest BCUT2D eigenvalue weighted by molar-refractivity contribution is -0.141. The minimum Gasteiger partial charge on any atom is -0.497 e. The van der Waals surface area contributed by atoms with E-state index in [4.69, 9.17) is 8.85 Å². The maximum atomic E-state index is 11.7. The quantitative estimate of drug-likeness (QED) is 0.782. The molecule has 0 radical (unpaired) electrons. The highest BCUT2D eigenvalue weighted by Gasteiger charge is 2.15. The molecule has 18 heavy (non-hydrogen) atoms. The standard InChI is InChI=1S/C15H16O3/c1-10(15(16)18-3)11-4-5-13-9-14(17-2)7-6-12(13)8-11/h4-10H,1-3H3/i4D,5D,8D. The summed E-state index contributed by atoms with van der Waals surface area (Å²) in [6.45, 7) is 1.58. The van der Waals surface area contributed by atoms with Crippen molar-refractivity contribution in [3.05, 3.63) is 41.9 Å². The lowest BCUT2D eigenvalue weighted by Crippen LogP contribution is -2.10. The van der Waals surface area contributed by atoms with Gasteiger partial charge in [-0.15, -0.1) is 0 Å². The second-order valence-corrected chi connectivity index (χ2v) is 3.95. The molecule has 3 heteroatoms. The molecule has 0 aliphatic rings. The third kappa shape index (κ3) is 2.30. The Hall–Kier alpha value is -2.03. The molecule has 0 spiro atoms. The monoisotopic (exact) mass is 247 g/mol. The van der Waals surface area contributed by atoms with Gasteiger partial charge in [0.15, 0.2) is 0 Å². The van der Waals surface area contributed by atoms with Crippen LogP contribution in [0.2, 0.25) is 0 Å². The summed E-state index contributed by atoms with van der Waals surface area (Å²) in [7, 11) is 2.78. The molecule has 0 N–H and O–H groups in total. The predicted molar refractivity (Wildman–Crippen MR) is 70.9 cm³/mol. The van der Waals surface area contributed by atoms with Crippen LogP contribution in [0, 0.1) is 0 Å². The Morgan fingerprint density at radius 1 is 1.28 bits per heavy atom. The number of ether oxygens (including phenoxy) is 2. The Bertz CT molecular complexity index is 713. The van der Waals surface area contributed by atoms with Crippen LogP contribution in [0.1, 0.15) is 22.5 Å². The van der Waals surface area contributed by atoms with Crippen LogP contribution in [0.5, 0.6) is 5.75 Å². The fraction of sp³-hybridized carbons (Fsp3) is 0.267. The van der Waals surface area contributed by atoms with Gasteiger partial charge >= 0.3 is 5.97 Å². The first kappa shape index (κ1) is 8.97. The van der Waals surface area contributed by atoms with Crippen molar-refractivity contribution < 1.29 is 18.4 Å². The molecule has 1 unspecified atom stereocenters. The molecule has 0 aromatic heterocycles. The van der Waals surface area contributed by atoms with Crippen LogP contribution in [0.15, 0.2) is 36.3 Å². The van der Waals surface area contributed by atoms with Gasteiger partial charge in [0.05, 0.1) is 24.2 Å². The number of hydrogen-bond acceptors (Lipinski definition) is 3. The molecule has 0 aliphatic heterocycles. The fourth-order valence-electron chi connectivity index (χ4n) is 1.68. The van der Waals surface area contributed by atoms with Gasteiger partial charge in [-0.2, -0.15) is 0 Å². The summed E-state index contributed by atoms with van der Waals surface area (Å²) in [5.74, 6) is -0.724. The van der Waals surface area contributed by atoms with Crippen LogP contribution in [-0.4, -0.2) is 20.2 Å². The first-order valence-corrected chi connectivity index (χ1v) is 5.57. The van der Waals surface area contributed by atoms with Gasteiger partial charge in [-0.05, 0) is 35.4 Å². The first-order valence-electron chi connectivity index (χ1n) is 7.07. The Morgan fingerprint density at radius 3 is 2.72 bits per heavy atom. The van der Waals surface area contributed by atoms with Gasteiger partial charge in [0.2, 0.25) is 0 Å². The van der Waals surface area contributed by atoms with Gasteiger partial charge < -0.3 is 9.47 Å². The van der Waals surface area contributed by atoms with E-state index >= 15 is 0 Å². The molecule has 0 aliphatic carbocycles. The van der Waals surface area contributed by atoms with Gasteiger partial charge in [-0.1, -0.05) is 24.2 Å². The number of hydrogen-bond donors (Lipinski definition) is 0. The molecule has 0 bridgehead atoms. The Morgan fingerprint density at radius 2 is 2.06 bits per heavy atom. The molecule has 3 nitrogen and oxygen atoms in total. The summed E-state index contributed by atoms with van der Waals surface area (Å²) in [4.78, 5) is 11.7. The molecular formula is C15H16O3. The fourth-order valence-corrected chi connectivity index (χ4v) is 1.68. The van der Waals surface area contributed by atoms with Crippen molar-refractivity contribution in [1.29, 1.82) is 0 Å². The molecule has 2 aromatic rings. The van der Waals surface area contributed by atoms with Gasteiger partial charge in [-0.25, -0.2) is 0 Å². The molecule has 0 amide bonds. The van der Waals surface area contributed by atoms with E-state index in [1.165, 1.54) is 14.2 Å². The van der Waals surface area contributed by atoms with Gasteiger partial charge in [0.25, 0.3) is 0 Å². The van der Waals surface area contributed by atoms with Crippen molar-refractivity contribution in [2.75, 3.05) is 14.2 Å². The van der Waals surface area contributed by atoms with Crippen LogP contribution in [0.25, 0.3) is 10.8 Å². The maximum Gasteiger partial charge on any atom is 0.312 e. The van der Waals surface area contributed by atoms with Crippen LogP contribution in [0.3, 0.4) is 0 Å². The highest BCUT2D eigenvalue weighted by molar-refractivity contribution is 5.86. The molecule has 1 atom stereocenters. The van der Waals surface area contributed by atoms with Crippen LogP contribution >= 0.6 is 0 Å². The minimum absolute atomic E-state index is 0.0225. The number of fused-ring (bicyclic) bond motifs is 1. The Balaban J connectivity index is 2.77. The van der Waals surface area contributed by atoms with Crippen molar-refractivity contribution in [2.45, 2.75) is 12.8 Å². The van der Waals surface area contributed by atoms with Gasteiger partial charge in [0.1, 0.15) is 5.75 Å². The Labute approximate surface area is 111 Å². The third-order valence-corrected chi connectivity index (χ3v) is 2.82. The number of methoxy groups -OCH3 is 2. The zero-order valence-electron chi connectivity index (χ0n) is 13.5. The second-order valence-electron chi connectivity index (χ2n) is 3.95. The summed E-state index contributed by atoms with van der Waals surface area (Å²) < 4.78 is 34.2. The van der Waals surface area contributed by atoms with E-state index in [0.717, 1.165) is 0 Å². The summed E-state index contributed by atoms with van der Waals surface area (Å²) in [6.07, 6.45) is 0. The van der Waals surface area contributed by atoms with E-state index in [1.807, 2.05) is 0 Å². The number of benzene rings is 2. The van der Waals surface area contributed by atoms with Gasteiger partial charge in [-0.3, -0.25) is 4.79 Å². The van der Waals surface area contributed by atoms with Crippen LogP contribution in [-0.2, 0) is 9.53 Å². The lowest BCUT2D eigenvalue weighted by Gasteiger charge is -2.10. The zero-order valence-corrected chi connectivity index (χ0v) is 10.5. The number of rotatable bonds is 3. The first-order chi connectivity index (χ1) is 9.92. The average Bonchev–Trinajstić information content (AvgIpc) is 2.51. The molecule has 94 valence electrons. The highest BCUT2D eigenvalue weighted by atomic mass is 16.5. The zero-order chi connectivity index (χ0) is 15.7. The van der Waals surface area contributed by atoms with Crippen molar-refractivity contribution in [3.8, 4) is 5.75 Å². The van der Waals surface area contributed by atoms with E-state index in [2.05, 4.69) is 4.74 Å². The molecule has 0 saturated carbocycles. The minimum atomic E-state index is -0.759. The van der Waals surface area contributed by atoms with Crippen molar-refractivity contribution in [2.24, 2.45) is 0 Å². The van der Waals surface area contributed by atoms with Crippen LogP contribution in [0.4, 0.5) is 0 Å². The van der Waals surface area contributed by atoms with E-state index < -0.39 is 11.9 Å². The highest BCUT2D eigenvalue weighted by Crippen LogP contribution is 2.25. The SMILES string of the molecule is [2H]c1c(C(C)C(=O)OC)c([2H])c2ccc(OC)cc2c1[2H]. The number of carbonyl (C=O) groups is 1. The van der Waals surface area contributed by atoms with Crippen molar-refractivity contribution in [1.82, 2.24) is 0 Å². The smallest absolute Gasteiger partial charge is 0.312 e. The number of esters is 1. The summed E-state index contributed by atoms with van der Waals surface area (Å²) in [5, 5.41) is 0.979. The van der Waals surface area contributed by atoms with E-state index in [0.29, 0.717) is 16.5 Å². The summed E-state index contributed by atoms with van der Waals surface area (Å²) >= 11 is 0. The summed E-state index contributed by atoms with van der Waals surface area (Å²) in [6, 6.07) is 4.91.